The van der Waals surface area contributed by atoms with Gasteiger partial charge in [-0.15, -0.1) is 0 Å². The van der Waals surface area contributed by atoms with Gasteiger partial charge in [0, 0.05) is 24.7 Å². The fraction of sp³-hybridized carbons (Fsp3) is 0.700. The number of esters is 1. The third kappa shape index (κ3) is 5.59. The smallest absolute Gasteiger partial charge is 0.330 e. The first-order chi connectivity index (χ1) is 12.8. The third-order valence-electron chi connectivity index (χ3n) is 5.35. The summed E-state index contributed by atoms with van der Waals surface area (Å²) < 4.78 is 11.7. The summed E-state index contributed by atoms with van der Waals surface area (Å²) in [7, 11) is 0. The van der Waals surface area contributed by atoms with Crippen molar-refractivity contribution in [1.82, 2.24) is 5.32 Å². The molecule has 4 unspecified atom stereocenters. The van der Waals surface area contributed by atoms with Gasteiger partial charge in [0.15, 0.2) is 5.79 Å². The van der Waals surface area contributed by atoms with Gasteiger partial charge in [-0.1, -0.05) is 43.8 Å². The molecule has 4 atom stereocenters. The SMILES string of the molecule is CC1(C)C=CCCC=CC(=O)OC2CC(CC1)OC(O)(C1CSC(=O)N1)C2. The molecule has 0 saturated carbocycles. The van der Waals surface area contributed by atoms with Crippen molar-refractivity contribution in [2.24, 2.45) is 5.41 Å². The van der Waals surface area contributed by atoms with Crippen molar-refractivity contribution in [3.05, 3.63) is 24.3 Å². The average molecular weight is 396 g/mol. The molecular formula is C20H29NO5S. The van der Waals surface area contributed by atoms with E-state index in [1.807, 2.05) is 6.08 Å². The minimum Gasteiger partial charge on any atom is -0.459 e. The summed E-state index contributed by atoms with van der Waals surface area (Å²) >= 11 is 1.14. The molecule has 0 spiro atoms. The van der Waals surface area contributed by atoms with E-state index in [0.717, 1.165) is 37.4 Å². The molecule has 3 aliphatic rings. The normalized spacial score (nSPS) is 37.4. The van der Waals surface area contributed by atoms with Crippen molar-refractivity contribution in [2.75, 3.05) is 5.75 Å². The molecule has 7 heteroatoms. The Morgan fingerprint density at radius 3 is 2.74 bits per heavy atom. The highest BCUT2D eigenvalue weighted by Gasteiger charge is 2.49. The van der Waals surface area contributed by atoms with Crippen LogP contribution in [0.4, 0.5) is 4.79 Å². The molecule has 0 radical (unpaired) electrons. The van der Waals surface area contributed by atoms with Crippen molar-refractivity contribution in [2.45, 2.75) is 76.4 Å². The van der Waals surface area contributed by atoms with Gasteiger partial charge in [0.05, 0.1) is 12.1 Å². The fourth-order valence-electron chi connectivity index (χ4n) is 3.80. The number of fused-ring (bicyclic) bond motifs is 2. The molecule has 3 aliphatic heterocycles. The highest BCUT2D eigenvalue weighted by Crippen LogP contribution is 2.38. The van der Waals surface area contributed by atoms with Crippen LogP contribution < -0.4 is 5.32 Å². The Balaban J connectivity index is 1.79. The number of rotatable bonds is 1. The number of nitrogens with one attached hydrogen (secondary N) is 1. The Hall–Kier alpha value is -1.31. The fourth-order valence-corrected chi connectivity index (χ4v) is 4.69. The van der Waals surface area contributed by atoms with Gasteiger partial charge in [-0.05, 0) is 31.1 Å². The van der Waals surface area contributed by atoms with Gasteiger partial charge in [-0.2, -0.15) is 0 Å². The summed E-state index contributed by atoms with van der Waals surface area (Å²) in [5.74, 6) is -1.47. The monoisotopic (exact) mass is 395 g/mol. The van der Waals surface area contributed by atoms with Gasteiger partial charge in [-0.25, -0.2) is 4.79 Å². The van der Waals surface area contributed by atoms with Gasteiger partial charge < -0.3 is 19.9 Å². The number of hydrogen-bond donors (Lipinski definition) is 2. The molecule has 0 aromatic carbocycles. The molecule has 1 amide bonds. The summed E-state index contributed by atoms with van der Waals surface area (Å²) in [6, 6.07) is -0.499. The summed E-state index contributed by atoms with van der Waals surface area (Å²) in [6.45, 7) is 4.37. The Bertz CT molecular complexity index is 632. The lowest BCUT2D eigenvalue weighted by Gasteiger charge is -2.44. The molecule has 0 aromatic heterocycles. The molecule has 2 saturated heterocycles. The molecule has 2 bridgehead atoms. The van der Waals surface area contributed by atoms with E-state index in [4.69, 9.17) is 9.47 Å². The summed E-state index contributed by atoms with van der Waals surface area (Å²) in [5, 5.41) is 13.7. The molecule has 0 aromatic rings. The zero-order valence-corrected chi connectivity index (χ0v) is 16.8. The molecule has 27 heavy (non-hydrogen) atoms. The number of hydrogen-bond acceptors (Lipinski definition) is 6. The number of carbonyl (C=O) groups is 2. The minimum absolute atomic E-state index is 0.0242. The van der Waals surface area contributed by atoms with Crippen LogP contribution in [0.2, 0.25) is 0 Å². The number of thioether (sulfide) groups is 1. The quantitative estimate of drug-likeness (QED) is 0.523. The second-order valence-electron chi connectivity index (χ2n) is 8.29. The van der Waals surface area contributed by atoms with E-state index in [-0.39, 0.29) is 23.2 Å². The van der Waals surface area contributed by atoms with Gasteiger partial charge in [0.1, 0.15) is 6.10 Å². The van der Waals surface area contributed by atoms with E-state index in [2.05, 4.69) is 31.3 Å². The Morgan fingerprint density at radius 2 is 2.00 bits per heavy atom. The van der Waals surface area contributed by atoms with Gasteiger partial charge in [0.25, 0.3) is 5.24 Å². The Labute approximate surface area is 164 Å². The van der Waals surface area contributed by atoms with Crippen LogP contribution in [0.5, 0.6) is 0 Å². The van der Waals surface area contributed by atoms with Crippen LogP contribution in [-0.2, 0) is 14.3 Å². The van der Waals surface area contributed by atoms with Gasteiger partial charge in [-0.3, -0.25) is 4.79 Å². The third-order valence-corrected chi connectivity index (χ3v) is 6.23. The van der Waals surface area contributed by atoms with Gasteiger partial charge >= 0.3 is 5.97 Å². The van der Waals surface area contributed by atoms with E-state index in [0.29, 0.717) is 12.2 Å². The second kappa shape index (κ2) is 8.37. The van der Waals surface area contributed by atoms with Crippen LogP contribution in [0.15, 0.2) is 24.3 Å². The molecule has 3 rings (SSSR count). The van der Waals surface area contributed by atoms with Crippen molar-refractivity contribution in [3.8, 4) is 0 Å². The number of carbonyl (C=O) groups excluding carboxylic acids is 2. The van der Waals surface area contributed by atoms with E-state index in [1.165, 1.54) is 6.08 Å². The van der Waals surface area contributed by atoms with Crippen LogP contribution >= 0.6 is 11.8 Å². The van der Waals surface area contributed by atoms with Crippen molar-refractivity contribution in [1.29, 1.82) is 0 Å². The zero-order chi connectivity index (χ0) is 19.5. The second-order valence-corrected chi connectivity index (χ2v) is 9.28. The number of allylic oxidation sites excluding steroid dienone is 3. The van der Waals surface area contributed by atoms with Gasteiger partial charge in [0.2, 0.25) is 0 Å². The zero-order valence-electron chi connectivity index (χ0n) is 16.0. The molecule has 3 heterocycles. The van der Waals surface area contributed by atoms with Crippen molar-refractivity contribution < 1.29 is 24.2 Å². The topological polar surface area (TPSA) is 84.9 Å². The highest BCUT2D eigenvalue weighted by molar-refractivity contribution is 8.14. The van der Waals surface area contributed by atoms with Crippen LogP contribution in [0.1, 0.15) is 52.4 Å². The predicted octanol–water partition coefficient (Wildman–Crippen LogP) is 3.30. The first kappa shape index (κ1) is 20.4. The summed E-state index contributed by atoms with van der Waals surface area (Å²) in [6.07, 6.45) is 11.0. The maximum atomic E-state index is 12.1. The largest absolute Gasteiger partial charge is 0.459 e. The molecule has 0 aliphatic carbocycles. The van der Waals surface area contributed by atoms with E-state index < -0.39 is 23.9 Å². The maximum absolute atomic E-state index is 12.1. The lowest BCUT2D eigenvalue weighted by Crippen LogP contribution is -2.58. The molecule has 2 fully saturated rings. The first-order valence-corrected chi connectivity index (χ1v) is 10.6. The molecule has 6 nitrogen and oxygen atoms in total. The molecule has 150 valence electrons. The number of ether oxygens (including phenoxy) is 2. The maximum Gasteiger partial charge on any atom is 0.330 e. The van der Waals surface area contributed by atoms with Crippen LogP contribution in [0.25, 0.3) is 0 Å². The standard InChI is InChI=1S/C20H29NO5S/c1-19(2)9-6-4-3-5-7-17(22)25-15-11-14(8-10-19)26-20(24,12-15)16-13-27-18(23)21-16/h5-7,9,14-16,24H,3-4,8,10-13H2,1-2H3,(H,21,23). The summed E-state index contributed by atoms with van der Waals surface area (Å²) in [4.78, 5) is 23.7. The Kier molecular flexibility index (Phi) is 6.33. The van der Waals surface area contributed by atoms with Crippen LogP contribution in [0.3, 0.4) is 0 Å². The van der Waals surface area contributed by atoms with Crippen molar-refractivity contribution >= 4 is 23.0 Å². The lowest BCUT2D eigenvalue weighted by atomic mass is 9.83. The molecular weight excluding hydrogens is 366 g/mol. The number of aliphatic hydroxyl groups is 1. The number of amides is 1. The highest BCUT2D eigenvalue weighted by atomic mass is 32.2. The van der Waals surface area contributed by atoms with E-state index in [9.17, 15) is 14.7 Å². The van der Waals surface area contributed by atoms with E-state index >= 15 is 0 Å². The predicted molar refractivity (Wildman–Crippen MR) is 104 cm³/mol. The van der Waals surface area contributed by atoms with Crippen LogP contribution in [0, 0.1) is 5.41 Å². The van der Waals surface area contributed by atoms with E-state index in [1.54, 1.807) is 0 Å². The Morgan fingerprint density at radius 1 is 1.22 bits per heavy atom. The minimum atomic E-state index is -1.52. The van der Waals surface area contributed by atoms with Crippen molar-refractivity contribution in [3.63, 3.8) is 0 Å². The molecule has 2 N–H and O–H groups in total. The summed E-state index contributed by atoms with van der Waals surface area (Å²) in [5.41, 5.74) is 0.0242. The first-order valence-electron chi connectivity index (χ1n) is 9.64. The average Bonchev–Trinajstić information content (AvgIpc) is 3.03. The lowest BCUT2D eigenvalue weighted by molar-refractivity contribution is -0.284. The van der Waals surface area contributed by atoms with Crippen LogP contribution in [-0.4, -0.2) is 46.1 Å².